The molecule has 2 amide bonds. The van der Waals surface area contributed by atoms with Crippen LogP contribution >= 0.6 is 0 Å². The first-order valence-electron chi connectivity index (χ1n) is 8.34. The Morgan fingerprint density at radius 3 is 2.76 bits per heavy atom. The van der Waals surface area contributed by atoms with Crippen molar-refractivity contribution in [1.29, 1.82) is 0 Å². The first kappa shape index (κ1) is 18.8. The highest BCUT2D eigenvalue weighted by molar-refractivity contribution is 5.95. The van der Waals surface area contributed by atoms with Crippen molar-refractivity contribution in [2.75, 3.05) is 26.2 Å². The van der Waals surface area contributed by atoms with Crippen LogP contribution in [0.25, 0.3) is 0 Å². The molecule has 0 fully saturated rings. The van der Waals surface area contributed by atoms with Gasteiger partial charge in [-0.25, -0.2) is 9.59 Å². The maximum atomic E-state index is 12.6. The van der Waals surface area contributed by atoms with Gasteiger partial charge in [0.1, 0.15) is 11.8 Å². The van der Waals surface area contributed by atoms with Crippen LogP contribution in [0.15, 0.2) is 46.2 Å². The molecule has 136 valence electrons. The van der Waals surface area contributed by atoms with Crippen LogP contribution in [0, 0.1) is 0 Å². The van der Waals surface area contributed by atoms with E-state index in [0.29, 0.717) is 30.1 Å². The number of likely N-dealkylation sites (N-methyl/N-ethyl adjacent to an activating group) is 1. The van der Waals surface area contributed by atoms with Gasteiger partial charge in [0.15, 0.2) is 0 Å². The molecule has 2 N–H and O–H groups in total. The zero-order chi connectivity index (χ0) is 18.4. The van der Waals surface area contributed by atoms with Gasteiger partial charge in [0.05, 0.1) is 18.4 Å². The highest BCUT2D eigenvalue weighted by atomic mass is 16.5. The maximum absolute atomic E-state index is 12.6. The summed E-state index contributed by atoms with van der Waals surface area (Å²) in [5.74, 6) is 0.0103. The molecule has 25 heavy (non-hydrogen) atoms. The minimum absolute atomic E-state index is 0.248. The lowest BCUT2D eigenvalue weighted by atomic mass is 9.99. The summed E-state index contributed by atoms with van der Waals surface area (Å²) < 4.78 is 10.6. The summed E-state index contributed by atoms with van der Waals surface area (Å²) in [5.41, 5.74) is 1.88. The number of nitrogens with one attached hydrogen (secondary N) is 2. The van der Waals surface area contributed by atoms with Gasteiger partial charge in [-0.15, -0.1) is 0 Å². The Morgan fingerprint density at radius 2 is 2.20 bits per heavy atom. The fourth-order valence-electron chi connectivity index (χ4n) is 2.75. The number of esters is 1. The quantitative estimate of drug-likeness (QED) is 0.557. The molecule has 0 bridgehead atoms. The van der Waals surface area contributed by atoms with Gasteiger partial charge in [0, 0.05) is 18.8 Å². The summed E-state index contributed by atoms with van der Waals surface area (Å²) in [6, 6.07) is 2.38. The molecule has 0 saturated carbocycles. The maximum Gasteiger partial charge on any atom is 0.338 e. The van der Waals surface area contributed by atoms with Crippen LogP contribution in [-0.2, 0) is 9.53 Å². The number of urea groups is 1. The van der Waals surface area contributed by atoms with Gasteiger partial charge >= 0.3 is 12.0 Å². The number of ether oxygens (including phenoxy) is 1. The lowest BCUT2D eigenvalue weighted by molar-refractivity contribution is -0.139. The van der Waals surface area contributed by atoms with Gasteiger partial charge in [-0.05, 0) is 32.5 Å². The van der Waals surface area contributed by atoms with E-state index in [2.05, 4.69) is 22.1 Å². The topological polar surface area (TPSA) is 83.8 Å². The second-order valence-electron chi connectivity index (χ2n) is 5.92. The van der Waals surface area contributed by atoms with E-state index in [0.717, 1.165) is 12.1 Å². The lowest BCUT2D eigenvalue weighted by Crippen LogP contribution is -2.48. The molecule has 0 radical (unpaired) electrons. The highest BCUT2D eigenvalue weighted by Crippen LogP contribution is 2.28. The van der Waals surface area contributed by atoms with Crippen molar-refractivity contribution in [3.63, 3.8) is 0 Å². The summed E-state index contributed by atoms with van der Waals surface area (Å²) in [5, 5.41) is 5.48. The molecule has 1 aromatic heterocycles. The second-order valence-corrected chi connectivity index (χ2v) is 5.92. The van der Waals surface area contributed by atoms with Crippen molar-refractivity contribution in [3.05, 3.63) is 47.6 Å². The van der Waals surface area contributed by atoms with Gasteiger partial charge in [0.2, 0.25) is 0 Å². The Labute approximate surface area is 147 Å². The SMILES string of the molecule is C=C(C)CN(CC)CC1=C(C(=O)OCC)C(c2ccco2)NC(=O)N1. The molecule has 1 aromatic rings. The molecule has 2 rings (SSSR count). The van der Waals surface area contributed by atoms with Crippen LogP contribution in [0.5, 0.6) is 0 Å². The minimum Gasteiger partial charge on any atom is -0.467 e. The van der Waals surface area contributed by atoms with Crippen molar-refractivity contribution in [2.24, 2.45) is 0 Å². The average molecular weight is 347 g/mol. The first-order chi connectivity index (χ1) is 12.0. The van der Waals surface area contributed by atoms with Crippen LogP contribution in [-0.4, -0.2) is 43.1 Å². The monoisotopic (exact) mass is 347 g/mol. The first-order valence-corrected chi connectivity index (χ1v) is 8.34. The number of hydrogen-bond donors (Lipinski definition) is 2. The van der Waals surface area contributed by atoms with Crippen molar-refractivity contribution < 1.29 is 18.7 Å². The molecule has 0 aromatic carbocycles. The third-order valence-corrected chi connectivity index (χ3v) is 3.80. The Balaban J connectivity index is 2.42. The predicted molar refractivity (Wildman–Crippen MR) is 93.7 cm³/mol. The van der Waals surface area contributed by atoms with Crippen molar-refractivity contribution in [2.45, 2.75) is 26.8 Å². The number of amides is 2. The fraction of sp³-hybridized carbons (Fsp3) is 0.444. The van der Waals surface area contributed by atoms with Gasteiger partial charge in [-0.2, -0.15) is 0 Å². The van der Waals surface area contributed by atoms with Crippen molar-refractivity contribution >= 4 is 12.0 Å². The van der Waals surface area contributed by atoms with E-state index in [-0.39, 0.29) is 12.6 Å². The van der Waals surface area contributed by atoms with E-state index < -0.39 is 12.0 Å². The van der Waals surface area contributed by atoms with E-state index in [1.807, 2.05) is 13.8 Å². The summed E-state index contributed by atoms with van der Waals surface area (Å²) >= 11 is 0. The third kappa shape index (κ3) is 4.73. The predicted octanol–water partition coefficient (Wildman–Crippen LogP) is 2.35. The van der Waals surface area contributed by atoms with Gasteiger partial charge in [-0.1, -0.05) is 19.1 Å². The molecule has 1 aliphatic rings. The smallest absolute Gasteiger partial charge is 0.338 e. The number of carbonyl (C=O) groups is 2. The highest BCUT2D eigenvalue weighted by Gasteiger charge is 2.35. The zero-order valence-corrected chi connectivity index (χ0v) is 14.9. The van der Waals surface area contributed by atoms with E-state index in [1.165, 1.54) is 6.26 Å². The number of carbonyl (C=O) groups excluding carboxylic acids is 2. The lowest BCUT2D eigenvalue weighted by Gasteiger charge is -2.30. The molecular weight excluding hydrogens is 322 g/mol. The molecule has 1 atom stereocenters. The van der Waals surface area contributed by atoms with Crippen molar-refractivity contribution in [1.82, 2.24) is 15.5 Å². The molecule has 7 heteroatoms. The van der Waals surface area contributed by atoms with Gasteiger partial charge in [-0.3, -0.25) is 4.90 Å². The van der Waals surface area contributed by atoms with Gasteiger partial charge < -0.3 is 19.8 Å². The standard InChI is InChI=1S/C18H25N3O4/c1-5-21(10-12(3)4)11-13-15(17(22)24-6-2)16(20-18(23)19-13)14-8-7-9-25-14/h7-9,16H,3,5-6,10-11H2,1-2,4H3,(H2,19,20,23). The molecule has 1 unspecified atom stereocenters. The number of furan rings is 1. The zero-order valence-electron chi connectivity index (χ0n) is 14.9. The largest absolute Gasteiger partial charge is 0.467 e. The fourth-order valence-corrected chi connectivity index (χ4v) is 2.75. The van der Waals surface area contributed by atoms with Crippen molar-refractivity contribution in [3.8, 4) is 0 Å². The molecule has 0 saturated heterocycles. The summed E-state index contributed by atoms with van der Waals surface area (Å²) in [4.78, 5) is 26.8. The summed E-state index contributed by atoms with van der Waals surface area (Å²) in [7, 11) is 0. The van der Waals surface area contributed by atoms with Crippen LogP contribution in [0.1, 0.15) is 32.6 Å². The molecule has 1 aliphatic heterocycles. The van der Waals surface area contributed by atoms with E-state index in [9.17, 15) is 9.59 Å². The number of hydrogen-bond acceptors (Lipinski definition) is 5. The Kier molecular flexibility index (Phi) is 6.41. The Hall–Kier alpha value is -2.54. The van der Waals surface area contributed by atoms with Gasteiger partial charge in [0.25, 0.3) is 0 Å². The molecular formula is C18H25N3O4. The van der Waals surface area contributed by atoms with E-state index >= 15 is 0 Å². The molecule has 0 aliphatic carbocycles. The third-order valence-electron chi connectivity index (χ3n) is 3.80. The molecule has 2 heterocycles. The Bertz CT molecular complexity index is 664. The average Bonchev–Trinajstić information content (AvgIpc) is 3.07. The number of nitrogens with zero attached hydrogens (tertiary/aromatic N) is 1. The normalized spacial score (nSPS) is 17.3. The van der Waals surface area contributed by atoms with Crippen LogP contribution < -0.4 is 10.6 Å². The summed E-state index contributed by atoms with van der Waals surface area (Å²) in [6.07, 6.45) is 1.51. The Morgan fingerprint density at radius 1 is 1.44 bits per heavy atom. The van der Waals surface area contributed by atoms with Crippen LogP contribution in [0.4, 0.5) is 4.79 Å². The second kappa shape index (κ2) is 8.53. The van der Waals surface area contributed by atoms with Crippen LogP contribution in [0.3, 0.4) is 0 Å². The van der Waals surface area contributed by atoms with E-state index in [4.69, 9.17) is 9.15 Å². The van der Waals surface area contributed by atoms with E-state index in [1.54, 1.807) is 19.1 Å². The number of rotatable bonds is 8. The van der Waals surface area contributed by atoms with Crippen LogP contribution in [0.2, 0.25) is 0 Å². The summed E-state index contributed by atoms with van der Waals surface area (Å²) in [6.45, 7) is 11.7. The minimum atomic E-state index is -0.679. The molecule has 0 spiro atoms. The molecule has 7 nitrogen and oxygen atoms in total.